The molecular formula is C18H22FN3O4S2. The maximum absolute atomic E-state index is 13.3. The van der Waals surface area contributed by atoms with E-state index < -0.39 is 39.0 Å². The highest BCUT2D eigenvalue weighted by Crippen LogP contribution is 2.17. The Morgan fingerprint density at radius 2 is 1.82 bits per heavy atom. The van der Waals surface area contributed by atoms with Gasteiger partial charge in [0.25, 0.3) is 5.91 Å². The van der Waals surface area contributed by atoms with E-state index in [-0.39, 0.29) is 4.80 Å². The summed E-state index contributed by atoms with van der Waals surface area (Å²) < 4.78 is 40.1. The Morgan fingerprint density at radius 1 is 1.14 bits per heavy atom. The Morgan fingerprint density at radius 3 is 2.50 bits per heavy atom. The fourth-order valence-electron chi connectivity index (χ4n) is 3.19. The third kappa shape index (κ3) is 5.05. The van der Waals surface area contributed by atoms with Gasteiger partial charge in [-0.3, -0.25) is 9.59 Å². The van der Waals surface area contributed by atoms with Crippen molar-refractivity contribution in [3.8, 4) is 0 Å². The Bertz CT molecular complexity index is 1060. The molecule has 1 aliphatic rings. The van der Waals surface area contributed by atoms with Crippen molar-refractivity contribution in [2.75, 3.05) is 24.6 Å². The lowest BCUT2D eigenvalue weighted by Gasteiger charge is -2.19. The number of aromatic nitrogens is 1. The first-order valence-corrected chi connectivity index (χ1v) is 11.7. The number of rotatable bonds is 4. The van der Waals surface area contributed by atoms with E-state index in [1.54, 1.807) is 22.6 Å². The summed E-state index contributed by atoms with van der Waals surface area (Å²) in [7, 11) is -2.24. The van der Waals surface area contributed by atoms with Crippen molar-refractivity contribution in [2.24, 2.45) is 12.0 Å². The van der Waals surface area contributed by atoms with Crippen LogP contribution < -0.4 is 4.80 Å². The van der Waals surface area contributed by atoms with Crippen LogP contribution in [0.2, 0.25) is 0 Å². The molecule has 2 aromatic rings. The third-order valence-corrected chi connectivity index (χ3v) is 7.11. The highest BCUT2D eigenvalue weighted by atomic mass is 32.2. The van der Waals surface area contributed by atoms with Gasteiger partial charge in [0.05, 0.1) is 10.2 Å². The fourth-order valence-corrected chi connectivity index (χ4v) is 5.35. The average molecular weight is 428 g/mol. The second-order valence-corrected chi connectivity index (χ2v) is 9.96. The van der Waals surface area contributed by atoms with Crippen molar-refractivity contribution >= 4 is 43.2 Å². The lowest BCUT2D eigenvalue weighted by Crippen LogP contribution is -2.37. The number of likely N-dealkylation sites (tertiary alicyclic amines) is 1. The number of carbonyl (C=O) groups excluding carboxylic acids is 2. The molecule has 1 saturated heterocycles. The zero-order valence-corrected chi connectivity index (χ0v) is 17.2. The topological polar surface area (TPSA) is 88.8 Å². The number of nitrogens with zero attached hydrogens (tertiary/aromatic N) is 3. The minimum Gasteiger partial charge on any atom is -0.342 e. The molecule has 0 aliphatic carbocycles. The molecule has 152 valence electrons. The molecule has 2 amide bonds. The molecule has 10 heteroatoms. The Balaban J connectivity index is 1.72. The van der Waals surface area contributed by atoms with Crippen molar-refractivity contribution in [3.05, 3.63) is 28.8 Å². The highest BCUT2D eigenvalue weighted by molar-refractivity contribution is 7.92. The quantitative estimate of drug-likeness (QED) is 0.742. The summed E-state index contributed by atoms with van der Waals surface area (Å²) in [5.74, 6) is -3.21. The number of hydrogen-bond donors (Lipinski definition) is 0. The summed E-state index contributed by atoms with van der Waals surface area (Å²) in [5.41, 5.74) is 0.692. The van der Waals surface area contributed by atoms with E-state index in [9.17, 15) is 22.4 Å². The number of aryl methyl sites for hydroxylation is 1. The van der Waals surface area contributed by atoms with Gasteiger partial charge in [0.15, 0.2) is 14.6 Å². The molecule has 2 heterocycles. The number of sulfone groups is 1. The highest BCUT2D eigenvalue weighted by Gasteiger charge is 2.25. The molecule has 0 spiro atoms. The molecule has 7 nitrogen and oxygen atoms in total. The predicted molar refractivity (Wildman–Crippen MR) is 105 cm³/mol. The van der Waals surface area contributed by atoms with E-state index in [0.717, 1.165) is 37.0 Å². The largest absolute Gasteiger partial charge is 0.342 e. The standard InChI is InChI=1S/C18H22FN3O4S2/c1-21-14-7-6-13(19)10-15(14)27-18(21)20-16(23)11-28(25,26)12-17(24)22-8-4-2-3-5-9-22/h6-7,10H,2-5,8-9,11-12H2,1H3. The smallest absolute Gasteiger partial charge is 0.263 e. The van der Waals surface area contributed by atoms with Crippen molar-refractivity contribution in [3.63, 3.8) is 0 Å². The summed E-state index contributed by atoms with van der Waals surface area (Å²) in [6.45, 7) is 1.11. The lowest BCUT2D eigenvalue weighted by molar-refractivity contribution is -0.128. The Kier molecular flexibility index (Phi) is 6.29. The van der Waals surface area contributed by atoms with Crippen LogP contribution in [0.3, 0.4) is 0 Å². The molecular weight excluding hydrogens is 405 g/mol. The third-order valence-electron chi connectivity index (χ3n) is 4.64. The maximum atomic E-state index is 13.3. The number of thiazole rings is 1. The van der Waals surface area contributed by atoms with Crippen LogP contribution in [0, 0.1) is 5.82 Å². The normalized spacial score (nSPS) is 16.4. The molecule has 0 unspecified atom stereocenters. The average Bonchev–Trinajstić information content (AvgIpc) is 2.79. The van der Waals surface area contributed by atoms with Crippen LogP contribution in [-0.2, 0) is 26.5 Å². The summed E-state index contributed by atoms with van der Waals surface area (Å²) in [4.78, 5) is 30.2. The van der Waals surface area contributed by atoms with Gasteiger partial charge in [-0.25, -0.2) is 12.8 Å². The predicted octanol–water partition coefficient (Wildman–Crippen LogP) is 1.62. The first-order valence-electron chi connectivity index (χ1n) is 9.06. The van der Waals surface area contributed by atoms with Gasteiger partial charge in [-0.2, -0.15) is 4.99 Å². The van der Waals surface area contributed by atoms with E-state index in [1.807, 2.05) is 0 Å². The first-order chi connectivity index (χ1) is 13.2. The van der Waals surface area contributed by atoms with Crippen LogP contribution in [0.15, 0.2) is 23.2 Å². The molecule has 1 aromatic heterocycles. The second kappa shape index (κ2) is 8.52. The van der Waals surface area contributed by atoms with Crippen LogP contribution in [0.1, 0.15) is 25.7 Å². The van der Waals surface area contributed by atoms with Crippen molar-refractivity contribution in [1.82, 2.24) is 9.47 Å². The van der Waals surface area contributed by atoms with E-state index >= 15 is 0 Å². The van der Waals surface area contributed by atoms with Gasteiger partial charge >= 0.3 is 0 Å². The Labute approximate surface area is 166 Å². The summed E-state index contributed by atoms with van der Waals surface area (Å²) in [5, 5.41) is 0. The summed E-state index contributed by atoms with van der Waals surface area (Å²) in [6, 6.07) is 4.21. The molecule has 1 fully saturated rings. The molecule has 1 aliphatic heterocycles. The van der Waals surface area contributed by atoms with Gasteiger partial charge in [0.1, 0.15) is 17.3 Å². The Hall–Kier alpha value is -2.07. The van der Waals surface area contributed by atoms with Gasteiger partial charge < -0.3 is 9.47 Å². The number of fused-ring (bicyclic) bond motifs is 1. The number of carbonyl (C=O) groups is 2. The lowest BCUT2D eigenvalue weighted by atomic mass is 10.2. The van der Waals surface area contributed by atoms with Gasteiger partial charge in [-0.1, -0.05) is 24.2 Å². The molecule has 28 heavy (non-hydrogen) atoms. The van der Waals surface area contributed by atoms with Crippen LogP contribution >= 0.6 is 11.3 Å². The minimum atomic E-state index is -3.91. The monoisotopic (exact) mass is 427 g/mol. The molecule has 0 saturated carbocycles. The van der Waals surface area contributed by atoms with Crippen molar-refractivity contribution < 1.29 is 22.4 Å². The zero-order valence-electron chi connectivity index (χ0n) is 15.6. The van der Waals surface area contributed by atoms with E-state index in [4.69, 9.17) is 0 Å². The van der Waals surface area contributed by atoms with Gasteiger partial charge in [0, 0.05) is 20.1 Å². The van der Waals surface area contributed by atoms with E-state index in [0.29, 0.717) is 23.3 Å². The van der Waals surface area contributed by atoms with Gasteiger partial charge in [-0.15, -0.1) is 0 Å². The van der Waals surface area contributed by atoms with Gasteiger partial charge in [-0.05, 0) is 31.0 Å². The van der Waals surface area contributed by atoms with Crippen molar-refractivity contribution in [1.29, 1.82) is 0 Å². The molecule has 0 N–H and O–H groups in total. The molecule has 0 atom stereocenters. The van der Waals surface area contributed by atoms with Gasteiger partial charge in [0.2, 0.25) is 5.91 Å². The first kappa shape index (κ1) is 20.7. The van der Waals surface area contributed by atoms with Crippen LogP contribution in [0.4, 0.5) is 4.39 Å². The molecule has 0 bridgehead atoms. The summed E-state index contributed by atoms with van der Waals surface area (Å²) >= 11 is 1.10. The fraction of sp³-hybridized carbons (Fsp3) is 0.500. The molecule has 1 aromatic carbocycles. The van der Waals surface area contributed by atoms with Crippen LogP contribution in [0.25, 0.3) is 10.2 Å². The number of amides is 2. The van der Waals surface area contributed by atoms with Crippen LogP contribution in [0.5, 0.6) is 0 Å². The SMILES string of the molecule is Cn1c(=NC(=O)CS(=O)(=O)CC(=O)N2CCCCCC2)sc2cc(F)ccc21. The second-order valence-electron chi connectivity index (χ2n) is 6.89. The number of hydrogen-bond acceptors (Lipinski definition) is 5. The summed E-state index contributed by atoms with van der Waals surface area (Å²) in [6.07, 6.45) is 3.79. The van der Waals surface area contributed by atoms with E-state index in [1.165, 1.54) is 12.1 Å². The van der Waals surface area contributed by atoms with Crippen molar-refractivity contribution in [2.45, 2.75) is 25.7 Å². The molecule has 3 rings (SSSR count). The maximum Gasteiger partial charge on any atom is 0.263 e. The zero-order chi connectivity index (χ0) is 20.3. The van der Waals surface area contributed by atoms with E-state index in [2.05, 4.69) is 4.99 Å². The minimum absolute atomic E-state index is 0.277. The van der Waals surface area contributed by atoms with Crippen LogP contribution in [-0.4, -0.2) is 54.3 Å². The molecule has 0 radical (unpaired) electrons. The number of halogens is 1. The number of benzene rings is 1.